The highest BCUT2D eigenvalue weighted by Crippen LogP contribution is 2.40. The summed E-state index contributed by atoms with van der Waals surface area (Å²) in [5, 5.41) is 7.81. The summed E-state index contributed by atoms with van der Waals surface area (Å²) in [7, 11) is 0. The summed E-state index contributed by atoms with van der Waals surface area (Å²) in [6, 6.07) is 7.06. The highest BCUT2D eigenvalue weighted by Gasteiger charge is 2.44. The van der Waals surface area contributed by atoms with E-state index in [9.17, 15) is 9.59 Å². The van der Waals surface area contributed by atoms with Gasteiger partial charge in [-0.2, -0.15) is 5.10 Å². The second-order valence-electron chi connectivity index (χ2n) is 6.68. The SMILES string of the molecule is CCN1C(=O)C[C@@H](C(=O)NCCn2nc(C)nc2C)[C@@H]1c1ccccc1Cl. The molecule has 1 aliphatic rings. The monoisotopic (exact) mass is 389 g/mol. The molecule has 0 radical (unpaired) electrons. The Morgan fingerprint density at radius 3 is 2.70 bits per heavy atom. The van der Waals surface area contributed by atoms with E-state index in [2.05, 4.69) is 15.4 Å². The van der Waals surface area contributed by atoms with Crippen molar-refractivity contribution in [2.75, 3.05) is 13.1 Å². The third-order valence-electron chi connectivity index (χ3n) is 4.92. The molecule has 8 heteroatoms. The van der Waals surface area contributed by atoms with E-state index in [1.807, 2.05) is 39.0 Å². The number of benzene rings is 1. The van der Waals surface area contributed by atoms with E-state index in [1.165, 1.54) is 0 Å². The largest absolute Gasteiger partial charge is 0.354 e. The number of carbonyl (C=O) groups excluding carboxylic acids is 2. The van der Waals surface area contributed by atoms with Crippen molar-refractivity contribution in [3.8, 4) is 0 Å². The van der Waals surface area contributed by atoms with E-state index in [0.29, 0.717) is 30.5 Å². The molecule has 27 heavy (non-hydrogen) atoms. The zero-order chi connectivity index (χ0) is 19.6. The van der Waals surface area contributed by atoms with Crippen LogP contribution in [0.5, 0.6) is 0 Å². The maximum Gasteiger partial charge on any atom is 0.226 e. The van der Waals surface area contributed by atoms with Crippen LogP contribution in [0, 0.1) is 19.8 Å². The predicted octanol–water partition coefficient (Wildman–Crippen LogP) is 2.27. The molecule has 144 valence electrons. The number of hydrogen-bond acceptors (Lipinski definition) is 4. The molecule has 2 aromatic rings. The molecule has 1 N–H and O–H groups in total. The van der Waals surface area contributed by atoms with Crippen molar-refractivity contribution in [2.45, 2.75) is 39.8 Å². The number of nitrogens with one attached hydrogen (secondary N) is 1. The molecule has 2 atom stereocenters. The third-order valence-corrected chi connectivity index (χ3v) is 5.26. The lowest BCUT2D eigenvalue weighted by atomic mass is 9.92. The van der Waals surface area contributed by atoms with E-state index in [0.717, 1.165) is 11.4 Å². The summed E-state index contributed by atoms with van der Waals surface area (Å²) in [5.41, 5.74) is 0.815. The van der Waals surface area contributed by atoms with Crippen LogP contribution in [0.4, 0.5) is 0 Å². The van der Waals surface area contributed by atoms with Crippen molar-refractivity contribution < 1.29 is 9.59 Å². The minimum atomic E-state index is -0.462. The summed E-state index contributed by atoms with van der Waals surface area (Å²) >= 11 is 6.36. The summed E-state index contributed by atoms with van der Waals surface area (Å²) in [5.74, 6) is 0.890. The molecule has 1 saturated heterocycles. The molecule has 2 heterocycles. The van der Waals surface area contributed by atoms with Crippen molar-refractivity contribution in [3.63, 3.8) is 0 Å². The zero-order valence-electron chi connectivity index (χ0n) is 15.8. The lowest BCUT2D eigenvalue weighted by Crippen LogP contribution is -2.37. The fourth-order valence-electron chi connectivity index (χ4n) is 3.69. The van der Waals surface area contributed by atoms with Crippen molar-refractivity contribution in [3.05, 3.63) is 46.5 Å². The van der Waals surface area contributed by atoms with Gasteiger partial charge in [0.2, 0.25) is 11.8 Å². The quantitative estimate of drug-likeness (QED) is 0.821. The average Bonchev–Trinajstić information content (AvgIpc) is 3.13. The Kier molecular flexibility index (Phi) is 5.79. The number of halogens is 1. The van der Waals surface area contributed by atoms with Crippen LogP contribution in [0.15, 0.2) is 24.3 Å². The van der Waals surface area contributed by atoms with E-state index >= 15 is 0 Å². The zero-order valence-corrected chi connectivity index (χ0v) is 16.5. The van der Waals surface area contributed by atoms with Crippen LogP contribution in [0.25, 0.3) is 0 Å². The molecular weight excluding hydrogens is 366 g/mol. The fraction of sp³-hybridized carbons (Fsp3) is 0.474. The normalized spacial score (nSPS) is 19.6. The number of amides is 2. The van der Waals surface area contributed by atoms with Crippen molar-refractivity contribution in [2.24, 2.45) is 5.92 Å². The Morgan fingerprint density at radius 2 is 2.07 bits per heavy atom. The number of aromatic nitrogens is 3. The smallest absolute Gasteiger partial charge is 0.226 e. The molecule has 1 aliphatic heterocycles. The minimum Gasteiger partial charge on any atom is -0.354 e. The molecule has 7 nitrogen and oxygen atoms in total. The van der Waals surface area contributed by atoms with Gasteiger partial charge in [0, 0.05) is 24.5 Å². The Balaban J connectivity index is 1.73. The first-order valence-corrected chi connectivity index (χ1v) is 9.49. The van der Waals surface area contributed by atoms with E-state index in [-0.39, 0.29) is 24.3 Å². The van der Waals surface area contributed by atoms with Crippen LogP contribution in [0.3, 0.4) is 0 Å². The first kappa shape index (κ1) is 19.4. The number of hydrogen-bond donors (Lipinski definition) is 1. The molecule has 0 bridgehead atoms. The minimum absolute atomic E-state index is 0.0229. The molecule has 0 aliphatic carbocycles. The molecule has 1 aromatic heterocycles. The summed E-state index contributed by atoms with van der Waals surface area (Å²) in [6.45, 7) is 7.12. The molecule has 0 saturated carbocycles. The van der Waals surface area contributed by atoms with Crippen LogP contribution in [0.2, 0.25) is 5.02 Å². The van der Waals surface area contributed by atoms with Crippen LogP contribution >= 0.6 is 11.6 Å². The van der Waals surface area contributed by atoms with Crippen LogP contribution in [-0.2, 0) is 16.1 Å². The van der Waals surface area contributed by atoms with Gasteiger partial charge in [-0.05, 0) is 32.4 Å². The topological polar surface area (TPSA) is 80.1 Å². The second kappa shape index (κ2) is 8.08. The lowest BCUT2D eigenvalue weighted by Gasteiger charge is -2.28. The highest BCUT2D eigenvalue weighted by atomic mass is 35.5. The maximum absolute atomic E-state index is 12.8. The van der Waals surface area contributed by atoms with Gasteiger partial charge >= 0.3 is 0 Å². The number of rotatable bonds is 6. The lowest BCUT2D eigenvalue weighted by molar-refractivity contribution is -0.129. The molecule has 0 unspecified atom stereocenters. The number of carbonyl (C=O) groups is 2. The van der Waals surface area contributed by atoms with Gasteiger partial charge in [-0.3, -0.25) is 9.59 Å². The first-order chi connectivity index (χ1) is 12.9. The van der Waals surface area contributed by atoms with Crippen molar-refractivity contribution in [1.29, 1.82) is 0 Å². The van der Waals surface area contributed by atoms with Crippen LogP contribution in [0.1, 0.15) is 36.6 Å². The van der Waals surface area contributed by atoms with Crippen molar-refractivity contribution in [1.82, 2.24) is 25.0 Å². The first-order valence-electron chi connectivity index (χ1n) is 9.12. The molecule has 0 spiro atoms. The third kappa shape index (κ3) is 3.98. The number of likely N-dealkylation sites (tertiary alicyclic amines) is 1. The Morgan fingerprint density at radius 1 is 1.33 bits per heavy atom. The van der Waals surface area contributed by atoms with Crippen LogP contribution < -0.4 is 5.32 Å². The van der Waals surface area contributed by atoms with Gasteiger partial charge in [0.1, 0.15) is 11.6 Å². The number of nitrogens with zero attached hydrogens (tertiary/aromatic N) is 4. The average molecular weight is 390 g/mol. The van der Waals surface area contributed by atoms with Gasteiger partial charge in [0.15, 0.2) is 0 Å². The van der Waals surface area contributed by atoms with E-state index in [1.54, 1.807) is 15.6 Å². The standard InChI is InChI=1S/C19H24ClN5O2/c1-4-24-17(26)11-15(18(24)14-7-5-6-8-16(14)20)19(27)21-9-10-25-13(3)22-12(2)23-25/h5-8,15,18H,4,9-11H2,1-3H3,(H,21,27)/t15-,18+/m1/s1. The Bertz CT molecular complexity index is 850. The van der Waals surface area contributed by atoms with Gasteiger partial charge in [0.05, 0.1) is 18.5 Å². The van der Waals surface area contributed by atoms with Crippen molar-refractivity contribution >= 4 is 23.4 Å². The molecule has 1 fully saturated rings. The summed E-state index contributed by atoms with van der Waals surface area (Å²) in [4.78, 5) is 31.3. The highest BCUT2D eigenvalue weighted by molar-refractivity contribution is 6.31. The van der Waals surface area contributed by atoms with E-state index in [4.69, 9.17) is 11.6 Å². The molecule has 1 aromatic carbocycles. The van der Waals surface area contributed by atoms with E-state index < -0.39 is 5.92 Å². The predicted molar refractivity (Wildman–Crippen MR) is 102 cm³/mol. The van der Waals surface area contributed by atoms with Gasteiger partial charge in [0.25, 0.3) is 0 Å². The van der Waals surface area contributed by atoms with Gasteiger partial charge in [-0.1, -0.05) is 29.8 Å². The Hall–Kier alpha value is -2.41. The summed E-state index contributed by atoms with van der Waals surface area (Å²) in [6.07, 6.45) is 0.191. The molecule has 2 amide bonds. The van der Waals surface area contributed by atoms with Gasteiger partial charge < -0.3 is 10.2 Å². The fourth-order valence-corrected chi connectivity index (χ4v) is 3.93. The number of aryl methyl sites for hydroxylation is 2. The van der Waals surface area contributed by atoms with Gasteiger partial charge in [-0.15, -0.1) is 0 Å². The second-order valence-corrected chi connectivity index (χ2v) is 7.08. The van der Waals surface area contributed by atoms with Crippen LogP contribution in [-0.4, -0.2) is 44.6 Å². The Labute approximate surface area is 163 Å². The molecule has 3 rings (SSSR count). The van der Waals surface area contributed by atoms with Gasteiger partial charge in [-0.25, -0.2) is 9.67 Å². The molecular formula is C19H24ClN5O2. The maximum atomic E-state index is 12.8. The summed E-state index contributed by atoms with van der Waals surface area (Å²) < 4.78 is 1.76.